The van der Waals surface area contributed by atoms with Crippen LogP contribution in [0.25, 0.3) is 0 Å². The average molecular weight is 393 g/mol. The van der Waals surface area contributed by atoms with Gasteiger partial charge in [0.25, 0.3) is 0 Å². The maximum atomic E-state index is 5.04. The second-order valence-corrected chi connectivity index (χ2v) is 7.26. The lowest BCUT2D eigenvalue weighted by atomic mass is 10.2. The van der Waals surface area contributed by atoms with Gasteiger partial charge in [0.05, 0.1) is 12.2 Å². The maximum Gasteiger partial charge on any atom is 0.228 e. The predicted molar refractivity (Wildman–Crippen MR) is 123 cm³/mol. The Kier molecular flexibility index (Phi) is 6.31. The SMILES string of the molecule is CC(=NN(Cc1ccccc1)c1ccccc1)c1cccc[n+]1Cc1ccccc1. The summed E-state index contributed by atoms with van der Waals surface area (Å²) in [6.45, 7) is 3.61. The fourth-order valence-corrected chi connectivity index (χ4v) is 3.50. The number of nitrogens with zero attached hydrogens (tertiary/aromatic N) is 3. The fourth-order valence-electron chi connectivity index (χ4n) is 3.50. The molecule has 0 saturated heterocycles. The van der Waals surface area contributed by atoms with E-state index in [1.165, 1.54) is 11.1 Å². The molecule has 0 fully saturated rings. The first kappa shape index (κ1) is 19.6. The molecule has 0 radical (unpaired) electrons. The zero-order valence-corrected chi connectivity index (χ0v) is 17.2. The monoisotopic (exact) mass is 392 g/mol. The molecule has 0 spiro atoms. The summed E-state index contributed by atoms with van der Waals surface area (Å²) >= 11 is 0. The van der Waals surface area contributed by atoms with E-state index in [0.717, 1.165) is 23.6 Å². The number of rotatable bonds is 7. The zero-order chi connectivity index (χ0) is 20.6. The van der Waals surface area contributed by atoms with Crippen LogP contribution in [0.2, 0.25) is 0 Å². The Morgan fingerprint density at radius 1 is 0.700 bits per heavy atom. The van der Waals surface area contributed by atoms with Crippen molar-refractivity contribution in [1.82, 2.24) is 0 Å². The third kappa shape index (κ3) is 5.00. The van der Waals surface area contributed by atoms with E-state index in [1.54, 1.807) is 0 Å². The van der Waals surface area contributed by atoms with Crippen molar-refractivity contribution in [3.05, 3.63) is 132 Å². The summed E-state index contributed by atoms with van der Waals surface area (Å²) in [6, 6.07) is 37.6. The number of pyridine rings is 1. The van der Waals surface area contributed by atoms with E-state index < -0.39 is 0 Å². The molecule has 4 aromatic rings. The van der Waals surface area contributed by atoms with Crippen molar-refractivity contribution >= 4 is 11.4 Å². The second-order valence-electron chi connectivity index (χ2n) is 7.26. The van der Waals surface area contributed by atoms with E-state index in [-0.39, 0.29) is 0 Å². The van der Waals surface area contributed by atoms with E-state index in [1.807, 2.05) is 18.2 Å². The molecular formula is C27H26N3+. The minimum Gasteiger partial charge on any atom is -0.261 e. The molecule has 0 atom stereocenters. The summed E-state index contributed by atoms with van der Waals surface area (Å²) in [5.41, 5.74) is 5.66. The van der Waals surface area contributed by atoms with Gasteiger partial charge in [-0.15, -0.1) is 0 Å². The van der Waals surface area contributed by atoms with Crippen LogP contribution in [0.15, 0.2) is 120 Å². The van der Waals surface area contributed by atoms with E-state index in [2.05, 4.69) is 114 Å². The highest BCUT2D eigenvalue weighted by molar-refractivity contribution is 5.96. The molecule has 0 amide bonds. The summed E-state index contributed by atoms with van der Waals surface area (Å²) < 4.78 is 2.25. The molecule has 0 N–H and O–H groups in total. The third-order valence-corrected chi connectivity index (χ3v) is 5.01. The molecule has 3 aromatic carbocycles. The van der Waals surface area contributed by atoms with Crippen LogP contribution in [0.4, 0.5) is 5.69 Å². The lowest BCUT2D eigenvalue weighted by Gasteiger charge is -2.20. The highest BCUT2D eigenvalue weighted by atomic mass is 15.5. The fraction of sp³-hybridized carbons (Fsp3) is 0.111. The molecule has 30 heavy (non-hydrogen) atoms. The van der Waals surface area contributed by atoms with Gasteiger partial charge in [-0.3, -0.25) is 5.01 Å². The zero-order valence-electron chi connectivity index (χ0n) is 17.2. The van der Waals surface area contributed by atoms with Crippen LogP contribution in [-0.2, 0) is 13.1 Å². The largest absolute Gasteiger partial charge is 0.261 e. The molecule has 3 nitrogen and oxygen atoms in total. The van der Waals surface area contributed by atoms with Crippen LogP contribution in [0.3, 0.4) is 0 Å². The lowest BCUT2D eigenvalue weighted by molar-refractivity contribution is -0.689. The van der Waals surface area contributed by atoms with Crippen molar-refractivity contribution in [1.29, 1.82) is 0 Å². The van der Waals surface area contributed by atoms with E-state index in [4.69, 9.17) is 5.10 Å². The van der Waals surface area contributed by atoms with Gasteiger partial charge >= 0.3 is 0 Å². The quantitative estimate of drug-likeness (QED) is 0.232. The summed E-state index contributed by atoms with van der Waals surface area (Å²) in [7, 11) is 0. The number of anilines is 1. The molecule has 0 aliphatic carbocycles. The Balaban J connectivity index is 1.67. The van der Waals surface area contributed by atoms with Crippen LogP contribution in [-0.4, -0.2) is 5.71 Å². The number of benzene rings is 3. The predicted octanol–water partition coefficient (Wildman–Crippen LogP) is 5.45. The first-order valence-corrected chi connectivity index (χ1v) is 10.2. The van der Waals surface area contributed by atoms with Crippen molar-refractivity contribution in [2.75, 3.05) is 5.01 Å². The first-order valence-electron chi connectivity index (χ1n) is 10.2. The summed E-state index contributed by atoms with van der Waals surface area (Å²) in [6.07, 6.45) is 2.12. The first-order chi connectivity index (χ1) is 14.8. The number of hydrazone groups is 1. The van der Waals surface area contributed by atoms with Gasteiger partial charge in [-0.05, 0) is 30.7 Å². The summed E-state index contributed by atoms with van der Waals surface area (Å²) in [5, 5.41) is 7.12. The van der Waals surface area contributed by atoms with Gasteiger partial charge in [0, 0.05) is 17.7 Å². The van der Waals surface area contributed by atoms with Crippen LogP contribution in [0.1, 0.15) is 23.7 Å². The normalized spacial score (nSPS) is 11.3. The lowest BCUT2D eigenvalue weighted by Crippen LogP contribution is -2.40. The summed E-state index contributed by atoms with van der Waals surface area (Å²) in [5.74, 6) is 0. The minimum absolute atomic E-state index is 0.716. The Labute approximate surface area is 178 Å². The number of hydrogen-bond donors (Lipinski definition) is 0. The van der Waals surface area contributed by atoms with Gasteiger partial charge in [-0.1, -0.05) is 78.9 Å². The summed E-state index contributed by atoms with van der Waals surface area (Å²) in [4.78, 5) is 0. The molecule has 0 aliphatic heterocycles. The smallest absolute Gasteiger partial charge is 0.228 e. The Bertz CT molecular complexity index is 1090. The van der Waals surface area contributed by atoms with Crippen molar-refractivity contribution < 1.29 is 4.57 Å². The third-order valence-electron chi connectivity index (χ3n) is 5.01. The second kappa shape index (κ2) is 9.66. The van der Waals surface area contributed by atoms with Gasteiger partial charge in [0.2, 0.25) is 5.69 Å². The molecule has 0 bridgehead atoms. The molecule has 148 valence electrons. The number of aromatic nitrogens is 1. The molecule has 4 rings (SSSR count). The Morgan fingerprint density at radius 3 is 1.93 bits per heavy atom. The molecule has 1 heterocycles. The molecule has 0 saturated carbocycles. The van der Waals surface area contributed by atoms with Gasteiger partial charge in [-0.25, -0.2) is 0 Å². The van der Waals surface area contributed by atoms with E-state index >= 15 is 0 Å². The number of para-hydroxylation sites is 1. The highest BCUT2D eigenvalue weighted by Crippen LogP contribution is 2.18. The van der Waals surface area contributed by atoms with Crippen molar-refractivity contribution in [2.45, 2.75) is 20.0 Å². The van der Waals surface area contributed by atoms with Crippen LogP contribution in [0, 0.1) is 0 Å². The molecular weight excluding hydrogens is 366 g/mol. The molecule has 0 unspecified atom stereocenters. The average Bonchev–Trinajstić information content (AvgIpc) is 2.81. The van der Waals surface area contributed by atoms with Crippen LogP contribution in [0.5, 0.6) is 0 Å². The molecule has 1 aromatic heterocycles. The number of hydrogen-bond acceptors (Lipinski definition) is 2. The Hall–Kier alpha value is -3.72. The Morgan fingerprint density at radius 2 is 1.27 bits per heavy atom. The van der Waals surface area contributed by atoms with Crippen LogP contribution >= 0.6 is 0 Å². The van der Waals surface area contributed by atoms with Crippen molar-refractivity contribution in [3.63, 3.8) is 0 Å². The minimum atomic E-state index is 0.716. The van der Waals surface area contributed by atoms with Gasteiger partial charge in [-0.2, -0.15) is 9.67 Å². The van der Waals surface area contributed by atoms with Crippen molar-refractivity contribution in [3.8, 4) is 0 Å². The van der Waals surface area contributed by atoms with E-state index in [0.29, 0.717) is 6.54 Å². The maximum absolute atomic E-state index is 5.04. The van der Waals surface area contributed by atoms with Crippen LogP contribution < -0.4 is 9.58 Å². The van der Waals surface area contributed by atoms with Gasteiger partial charge in [0.15, 0.2) is 12.7 Å². The van der Waals surface area contributed by atoms with E-state index in [9.17, 15) is 0 Å². The molecule has 3 heteroatoms. The standard InChI is InChI=1S/C27H26N3/c1-23(27-19-11-12-20-29(27)21-24-13-5-2-6-14-24)28-30(26-17-9-4-10-18-26)22-25-15-7-3-8-16-25/h2-20H,21-22H2,1H3/q+1. The molecule has 0 aliphatic rings. The van der Waals surface area contributed by atoms with Gasteiger partial charge < -0.3 is 0 Å². The topological polar surface area (TPSA) is 19.5 Å². The highest BCUT2D eigenvalue weighted by Gasteiger charge is 2.16. The van der Waals surface area contributed by atoms with Crippen molar-refractivity contribution in [2.24, 2.45) is 5.10 Å². The van der Waals surface area contributed by atoms with Gasteiger partial charge in [0.1, 0.15) is 5.71 Å².